The van der Waals surface area contributed by atoms with Gasteiger partial charge in [0.15, 0.2) is 11.2 Å². The van der Waals surface area contributed by atoms with E-state index in [0.717, 1.165) is 74.9 Å². The molecule has 140 heavy (non-hydrogen) atoms. The molecule has 0 saturated carbocycles. The van der Waals surface area contributed by atoms with Gasteiger partial charge >= 0.3 is 35.0 Å². The fourth-order valence-electron chi connectivity index (χ4n) is 19.5. The number of anilines is 14. The van der Waals surface area contributed by atoms with Crippen LogP contribution in [0.1, 0.15) is 0 Å². The number of nitrogens with two attached hydrogens (primary N) is 2. The Balaban J connectivity index is 0.0000000972. The number of fused-ring (bicyclic) bond motifs is 27. The predicted molar refractivity (Wildman–Crippen MR) is 597 cm³/mol. The molecule has 0 unspecified atom stereocenters. The third-order valence-electron chi connectivity index (χ3n) is 25.8. The molecule has 19 aromatic carbocycles. The van der Waals surface area contributed by atoms with Crippen LogP contribution in [-0.2, 0) is 0 Å². The molecule has 0 radical (unpaired) electrons. The third-order valence-corrected chi connectivity index (χ3v) is 27.7. The molecule has 0 saturated heterocycles. The molecule has 21 aromatic rings. The number of rotatable bonds is 7. The topological polar surface area (TPSA) is 206 Å². The average Bonchev–Trinajstić information content (AvgIpc) is 1.54. The molecule has 670 valence electrons. The lowest BCUT2D eigenvalue weighted by molar-refractivity contribution is 0.426. The summed E-state index contributed by atoms with van der Waals surface area (Å²) >= 11 is 10.5. The van der Waals surface area contributed by atoms with Crippen molar-refractivity contribution < 1.29 is 18.9 Å². The third kappa shape index (κ3) is 17.5. The Morgan fingerprint density at radius 3 is 1.08 bits per heavy atom. The molecular formula is C116H86B5Br3N12O4. The van der Waals surface area contributed by atoms with E-state index >= 15 is 0 Å². The quantitative estimate of drug-likeness (QED) is 0.0552. The normalized spacial score (nSPS) is 12.5. The lowest BCUT2D eigenvalue weighted by Gasteiger charge is -2.36. The second kappa shape index (κ2) is 39.5. The van der Waals surface area contributed by atoms with Crippen LogP contribution in [0.4, 0.5) is 79.6 Å². The summed E-state index contributed by atoms with van der Waals surface area (Å²) in [5, 5.41) is 33.0. The van der Waals surface area contributed by atoms with Crippen LogP contribution in [0.15, 0.2) is 483 Å². The molecule has 28 rings (SSSR count). The van der Waals surface area contributed by atoms with E-state index in [1.54, 1.807) is 24.3 Å². The number of halogens is 3. The van der Waals surface area contributed by atoms with E-state index in [9.17, 15) is 10.0 Å². The van der Waals surface area contributed by atoms with Gasteiger partial charge in [-0.15, -0.1) is 0 Å². The van der Waals surface area contributed by atoms with Gasteiger partial charge in [0.1, 0.15) is 11.0 Å². The van der Waals surface area contributed by atoms with Crippen molar-refractivity contribution in [3.8, 4) is 78.5 Å². The van der Waals surface area contributed by atoms with Gasteiger partial charge in [0.25, 0.3) is 0 Å². The van der Waals surface area contributed by atoms with Crippen LogP contribution in [-0.4, -0.2) is 55.1 Å². The molecule has 16 nitrogen and oxygen atoms in total. The summed E-state index contributed by atoms with van der Waals surface area (Å²) in [6, 6.07) is 157. The zero-order chi connectivity index (χ0) is 94.7. The van der Waals surface area contributed by atoms with Crippen molar-refractivity contribution in [2.45, 2.75) is 0 Å². The largest absolute Gasteiger partial charge is 0.489 e. The predicted octanol–water partition coefficient (Wildman–Crippen LogP) is 25.7. The Hall–Kier alpha value is -16.2. The van der Waals surface area contributed by atoms with Crippen molar-refractivity contribution in [3.63, 3.8) is 0 Å². The molecule has 0 spiro atoms. The Kier molecular flexibility index (Phi) is 25.1. The molecule has 24 heteroatoms. The molecule has 0 fully saturated rings. The minimum Gasteiger partial charge on any atom is -0.436 e. The van der Waals surface area contributed by atoms with Gasteiger partial charge in [-0.1, -0.05) is 357 Å². The van der Waals surface area contributed by atoms with E-state index in [2.05, 4.69) is 396 Å². The molecule has 0 aliphatic carbocycles. The molecule has 0 atom stereocenters. The summed E-state index contributed by atoms with van der Waals surface area (Å²) in [6.07, 6.45) is 0. The number of nitrogens with one attached hydrogen (secondary N) is 4. The van der Waals surface area contributed by atoms with Crippen LogP contribution in [0, 0.1) is 0 Å². The Morgan fingerprint density at radius 1 is 0.271 bits per heavy atom. The lowest BCUT2D eigenvalue weighted by Crippen LogP contribution is -2.55. The smallest absolute Gasteiger partial charge is 0.436 e. The van der Waals surface area contributed by atoms with Gasteiger partial charge in [-0.05, 0) is 212 Å². The van der Waals surface area contributed by atoms with Crippen molar-refractivity contribution in [2.75, 3.05) is 51.6 Å². The number of nitrogens with zero attached hydrogens (tertiary/aromatic N) is 6. The standard InChI is InChI=1S/C31H20BN3O.C18H14BBrN2.2C18H13BN2.C13H8BrNO.C12H10BBrO2.C6H8N2/c1-2-10-21(11-3-1)31-33-26-19-18-22(20-30(26)36-31)34-28-16-8-9-17-29(28)35-27-15-7-5-13-24(27)23-12-4-6-14-25(23)32(34)35;20-16-10-4-2-8-14(16)13-7-1-3-9-15(13)19-21-17-11-5-6-12-18(17)22-19;2*1-3-9-15-13(7-1)14-8-2-5-11-17(14)21-18-12-6-4-10-16(18)20-19(15)21;14-10-6-7-11-12(8-10)16-13(15-11)9-4-2-1-3-5-9;14-12-8-4-2-6-10(12)9-5-1-3-7-11(9)13(15)16;7-5-3-1-2-4-6(5)8/h1-20H;1-12,21-22H;2*1-12,20H;1-8H;1-8,15-16H;1-4H,7-8H2. The van der Waals surface area contributed by atoms with Crippen molar-refractivity contribution in [2.24, 2.45) is 0 Å². The highest BCUT2D eigenvalue weighted by molar-refractivity contribution is 9.11. The first-order valence-corrected chi connectivity index (χ1v) is 48.6. The minimum atomic E-state index is -1.46. The second-order valence-corrected chi connectivity index (χ2v) is 36.8. The fourth-order valence-corrected chi connectivity index (χ4v) is 20.8. The summed E-state index contributed by atoms with van der Waals surface area (Å²) in [7, 11) is -1.46. The lowest BCUT2D eigenvalue weighted by atomic mass is 9.59. The first-order chi connectivity index (χ1) is 68.9. The molecule has 9 heterocycles. The maximum atomic E-state index is 9.30. The molecule has 7 aliphatic heterocycles. The van der Waals surface area contributed by atoms with Crippen molar-refractivity contribution in [3.05, 3.63) is 474 Å². The van der Waals surface area contributed by atoms with Gasteiger partial charge in [-0.2, -0.15) is 0 Å². The molecular weight excluding hydrogens is 1920 g/mol. The maximum Gasteiger partial charge on any atom is 0.489 e. The van der Waals surface area contributed by atoms with Crippen molar-refractivity contribution in [1.29, 1.82) is 0 Å². The Bertz CT molecular complexity index is 7980. The van der Waals surface area contributed by atoms with E-state index in [4.69, 9.17) is 25.3 Å². The van der Waals surface area contributed by atoms with Gasteiger partial charge in [0.05, 0.1) is 34.1 Å². The highest BCUT2D eigenvalue weighted by Crippen LogP contribution is 2.53. The van der Waals surface area contributed by atoms with E-state index in [1.165, 1.54) is 118 Å². The maximum absolute atomic E-state index is 9.30. The van der Waals surface area contributed by atoms with E-state index < -0.39 is 7.12 Å². The zero-order valence-electron chi connectivity index (χ0n) is 75.4. The Morgan fingerprint density at radius 2 is 0.607 bits per heavy atom. The first-order valence-electron chi connectivity index (χ1n) is 46.2. The average molecular weight is 2010 g/mol. The van der Waals surface area contributed by atoms with Crippen LogP contribution >= 0.6 is 47.8 Å². The van der Waals surface area contributed by atoms with Gasteiger partial charge in [0.2, 0.25) is 11.8 Å². The number of benzene rings is 19. The number of aromatic nitrogens is 2. The van der Waals surface area contributed by atoms with Crippen LogP contribution in [0.3, 0.4) is 0 Å². The van der Waals surface area contributed by atoms with Gasteiger partial charge in [0, 0.05) is 92.8 Å². The molecule has 2 aromatic heterocycles. The zero-order valence-corrected chi connectivity index (χ0v) is 80.2. The van der Waals surface area contributed by atoms with Crippen LogP contribution < -0.4 is 78.9 Å². The summed E-state index contributed by atoms with van der Waals surface area (Å²) in [6.45, 7) is 0.463. The summed E-state index contributed by atoms with van der Waals surface area (Å²) in [5.74, 6) is 1.30. The first kappa shape index (κ1) is 89.0. The number of hydrogen-bond donors (Lipinski definition) is 8. The van der Waals surface area contributed by atoms with Crippen molar-refractivity contribution >= 4 is 212 Å². The fraction of sp³-hybridized carbons (Fsp3) is 0. The van der Waals surface area contributed by atoms with Crippen LogP contribution in [0.2, 0.25) is 0 Å². The number of nitrogen functional groups attached to an aromatic ring is 2. The minimum absolute atomic E-state index is 0.00228. The molecule has 0 amide bonds. The number of oxazole rings is 2. The number of hydrogen-bond acceptors (Lipinski definition) is 16. The Labute approximate surface area is 838 Å². The molecule has 0 bridgehead atoms. The molecule has 10 N–H and O–H groups in total. The van der Waals surface area contributed by atoms with E-state index in [0.29, 0.717) is 28.6 Å². The van der Waals surface area contributed by atoms with Gasteiger partial charge in [-0.3, -0.25) is 0 Å². The second-order valence-electron chi connectivity index (χ2n) is 34.2. The van der Waals surface area contributed by atoms with Crippen LogP contribution in [0.5, 0.6) is 0 Å². The van der Waals surface area contributed by atoms with Crippen LogP contribution in [0.25, 0.3) is 101 Å². The summed E-state index contributed by atoms with van der Waals surface area (Å²) < 4.78 is 15.0. The van der Waals surface area contributed by atoms with Gasteiger partial charge in [-0.25, -0.2) is 9.97 Å². The number of para-hydroxylation sites is 13. The highest BCUT2D eigenvalue weighted by Gasteiger charge is 2.49. The van der Waals surface area contributed by atoms with E-state index in [1.807, 2.05) is 133 Å². The summed E-state index contributed by atoms with van der Waals surface area (Å²) in [5.41, 5.74) is 49.6. The summed E-state index contributed by atoms with van der Waals surface area (Å²) in [4.78, 5) is 18.9. The molecule has 7 aliphatic rings. The highest BCUT2D eigenvalue weighted by atomic mass is 79.9. The van der Waals surface area contributed by atoms with Gasteiger partial charge < -0.3 is 70.5 Å². The van der Waals surface area contributed by atoms with Crippen molar-refractivity contribution in [1.82, 2.24) is 9.97 Å². The monoisotopic (exact) mass is 2000 g/mol. The SMILES string of the molecule is Brc1ccc2nc(-c3ccccc3)oc2c1.Brc1ccccc1-c1ccccc1B1Nc2ccccc2N1.Nc1ccccc1N.OB(O)c1ccccc1-c1ccccc1Br.c1ccc(-c2nc3ccc(N4B5c6ccccc6-c6ccccc6N5c5ccccc54)cc3o2)cc1.c1ccc2c(c1)NB1c3ccccc3-c3ccccc3N12.c1ccc2c(c1)NB1c3ccccc3-c3ccccc3N12. The van der Waals surface area contributed by atoms with E-state index in [-0.39, 0.29) is 27.9 Å².